The molecule has 1 rings (SSSR count). The van der Waals surface area contributed by atoms with Crippen LogP contribution in [0.3, 0.4) is 0 Å². The maximum absolute atomic E-state index is 13.3. The van der Waals surface area contributed by atoms with E-state index < -0.39 is 18.8 Å². The lowest BCUT2D eigenvalue weighted by atomic mass is 10.1. The fourth-order valence-electron chi connectivity index (χ4n) is 1.33. The summed E-state index contributed by atoms with van der Waals surface area (Å²) in [7, 11) is 0. The maximum Gasteiger partial charge on any atom is 0.272 e. The Kier molecular flexibility index (Phi) is 5.02. The van der Waals surface area contributed by atoms with Gasteiger partial charge in [-0.15, -0.1) is 0 Å². The predicted octanol–water partition coefficient (Wildman–Crippen LogP) is 3.36. The topological polar surface area (TPSA) is 21.3 Å². The van der Waals surface area contributed by atoms with Crippen molar-refractivity contribution in [3.63, 3.8) is 0 Å². The van der Waals surface area contributed by atoms with Crippen molar-refractivity contribution in [1.29, 1.82) is 0 Å². The number of nitrogens with one attached hydrogen (secondary N) is 1. The van der Waals surface area contributed by atoms with Crippen LogP contribution in [0.5, 0.6) is 5.75 Å². The molecule has 0 aliphatic carbocycles. The molecule has 0 amide bonds. The van der Waals surface area contributed by atoms with Gasteiger partial charge in [-0.05, 0) is 38.5 Å². The first-order chi connectivity index (χ1) is 8.26. The average Bonchev–Trinajstić information content (AvgIpc) is 2.22. The number of benzene rings is 1. The maximum atomic E-state index is 13.3. The highest BCUT2D eigenvalue weighted by Gasteiger charge is 2.10. The van der Waals surface area contributed by atoms with Crippen LogP contribution in [-0.2, 0) is 6.54 Å². The molecule has 0 bridgehead atoms. The van der Waals surface area contributed by atoms with Crippen LogP contribution >= 0.6 is 0 Å². The van der Waals surface area contributed by atoms with Crippen LogP contribution < -0.4 is 10.1 Å². The molecule has 0 fully saturated rings. The van der Waals surface area contributed by atoms with E-state index >= 15 is 0 Å². The normalized spacial score (nSPS) is 11.9. The Morgan fingerprint density at radius 1 is 1.22 bits per heavy atom. The number of hydrogen-bond acceptors (Lipinski definition) is 2. The summed E-state index contributed by atoms with van der Waals surface area (Å²) < 4.78 is 42.1. The summed E-state index contributed by atoms with van der Waals surface area (Å²) in [4.78, 5) is 0. The predicted molar refractivity (Wildman–Crippen MR) is 64.5 cm³/mol. The summed E-state index contributed by atoms with van der Waals surface area (Å²) in [6.45, 7) is 5.68. The van der Waals surface area contributed by atoms with Crippen LogP contribution in [0.2, 0.25) is 0 Å². The molecule has 0 atom stereocenters. The number of hydrogen-bond donors (Lipinski definition) is 1. The van der Waals surface area contributed by atoms with Crippen LogP contribution in [0.25, 0.3) is 0 Å². The number of rotatable bonds is 5. The number of ether oxygens (including phenoxy) is 1. The summed E-state index contributed by atoms with van der Waals surface area (Å²) in [5, 5.41) is 3.19. The van der Waals surface area contributed by atoms with Gasteiger partial charge >= 0.3 is 0 Å². The summed E-state index contributed by atoms with van der Waals surface area (Å²) in [6.07, 6.45) is -2.57. The highest BCUT2D eigenvalue weighted by Crippen LogP contribution is 2.17. The summed E-state index contributed by atoms with van der Waals surface area (Å²) in [6, 6.07) is 4.02. The zero-order chi connectivity index (χ0) is 13.8. The largest absolute Gasteiger partial charge is 0.488 e. The zero-order valence-electron chi connectivity index (χ0n) is 10.8. The zero-order valence-corrected chi connectivity index (χ0v) is 10.8. The minimum absolute atomic E-state index is 0.101. The van der Waals surface area contributed by atoms with E-state index in [2.05, 4.69) is 5.32 Å². The van der Waals surface area contributed by atoms with Gasteiger partial charge in [0.15, 0.2) is 0 Å². The molecule has 0 spiro atoms. The minimum atomic E-state index is -2.57. The molecule has 0 aromatic heterocycles. The standard InChI is InChI=1S/C13H18F3NO/c1-13(2,3)17-7-9-4-10(14)6-11(5-9)18-8-12(15)16/h4-6,12,17H,7-8H2,1-3H3. The van der Waals surface area contributed by atoms with Crippen molar-refractivity contribution in [2.24, 2.45) is 0 Å². The van der Waals surface area contributed by atoms with Gasteiger partial charge in [0, 0.05) is 18.2 Å². The Balaban J connectivity index is 2.68. The van der Waals surface area contributed by atoms with Crippen molar-refractivity contribution in [3.05, 3.63) is 29.6 Å². The lowest BCUT2D eigenvalue weighted by Crippen LogP contribution is -2.35. The molecule has 0 aliphatic heterocycles. The SMILES string of the molecule is CC(C)(C)NCc1cc(F)cc(OCC(F)F)c1. The first kappa shape index (κ1) is 14.8. The molecule has 1 aromatic rings. The minimum Gasteiger partial charge on any atom is -0.488 e. The third-order valence-electron chi connectivity index (χ3n) is 2.13. The molecule has 2 nitrogen and oxygen atoms in total. The van der Waals surface area contributed by atoms with E-state index in [-0.39, 0.29) is 11.3 Å². The van der Waals surface area contributed by atoms with E-state index in [0.29, 0.717) is 12.1 Å². The van der Waals surface area contributed by atoms with Crippen LogP contribution in [0.4, 0.5) is 13.2 Å². The Morgan fingerprint density at radius 2 is 1.89 bits per heavy atom. The molecule has 102 valence electrons. The van der Waals surface area contributed by atoms with Gasteiger partial charge in [-0.25, -0.2) is 13.2 Å². The van der Waals surface area contributed by atoms with Crippen molar-refractivity contribution in [2.75, 3.05) is 6.61 Å². The van der Waals surface area contributed by atoms with Gasteiger partial charge in [0.25, 0.3) is 6.43 Å². The highest BCUT2D eigenvalue weighted by atomic mass is 19.3. The summed E-state index contributed by atoms with van der Waals surface area (Å²) in [5.41, 5.74) is 0.560. The smallest absolute Gasteiger partial charge is 0.272 e. The molecule has 0 heterocycles. The van der Waals surface area contributed by atoms with Crippen LogP contribution in [0.1, 0.15) is 26.3 Å². The van der Waals surface area contributed by atoms with Crippen molar-refractivity contribution in [2.45, 2.75) is 39.3 Å². The van der Waals surface area contributed by atoms with E-state index in [9.17, 15) is 13.2 Å². The molecular formula is C13H18F3NO. The third-order valence-corrected chi connectivity index (χ3v) is 2.13. The van der Waals surface area contributed by atoms with Crippen LogP contribution in [0.15, 0.2) is 18.2 Å². The third kappa shape index (κ3) is 5.91. The van der Waals surface area contributed by atoms with E-state index in [1.165, 1.54) is 6.07 Å². The Morgan fingerprint density at radius 3 is 2.44 bits per heavy atom. The Bertz CT molecular complexity index is 388. The van der Waals surface area contributed by atoms with Crippen molar-refractivity contribution >= 4 is 0 Å². The second-order valence-corrected chi connectivity index (χ2v) is 5.10. The summed E-state index contributed by atoms with van der Waals surface area (Å²) >= 11 is 0. The van der Waals surface area contributed by atoms with Crippen LogP contribution in [0, 0.1) is 5.82 Å². The Labute approximate surface area is 105 Å². The molecule has 0 radical (unpaired) electrons. The van der Waals surface area contributed by atoms with Gasteiger partial charge in [-0.3, -0.25) is 0 Å². The fraction of sp³-hybridized carbons (Fsp3) is 0.538. The average molecular weight is 261 g/mol. The van der Waals surface area contributed by atoms with Gasteiger partial charge in [0.05, 0.1) is 0 Å². The van der Waals surface area contributed by atoms with Gasteiger partial charge in [0.2, 0.25) is 0 Å². The molecule has 5 heteroatoms. The van der Waals surface area contributed by atoms with E-state index in [0.717, 1.165) is 6.07 Å². The first-order valence-electron chi connectivity index (χ1n) is 5.72. The first-order valence-corrected chi connectivity index (χ1v) is 5.72. The van der Waals surface area contributed by atoms with Gasteiger partial charge in [0.1, 0.15) is 18.2 Å². The molecule has 0 saturated heterocycles. The quantitative estimate of drug-likeness (QED) is 0.877. The highest BCUT2D eigenvalue weighted by molar-refractivity contribution is 5.29. The summed E-state index contributed by atoms with van der Waals surface area (Å²) in [5.74, 6) is -0.367. The molecule has 18 heavy (non-hydrogen) atoms. The molecule has 1 aromatic carbocycles. The lowest BCUT2D eigenvalue weighted by Gasteiger charge is -2.20. The monoisotopic (exact) mass is 261 g/mol. The molecule has 1 N–H and O–H groups in total. The van der Waals surface area contributed by atoms with Crippen molar-refractivity contribution < 1.29 is 17.9 Å². The second kappa shape index (κ2) is 6.09. The fourth-order valence-corrected chi connectivity index (χ4v) is 1.33. The molecule has 0 aliphatic rings. The van der Waals surface area contributed by atoms with Crippen molar-refractivity contribution in [3.8, 4) is 5.75 Å². The molecule has 0 unspecified atom stereocenters. The van der Waals surface area contributed by atoms with Gasteiger partial charge in [-0.1, -0.05) is 0 Å². The van der Waals surface area contributed by atoms with Crippen molar-refractivity contribution in [1.82, 2.24) is 5.32 Å². The van der Waals surface area contributed by atoms with E-state index in [1.807, 2.05) is 20.8 Å². The van der Waals surface area contributed by atoms with E-state index in [4.69, 9.17) is 4.74 Å². The van der Waals surface area contributed by atoms with Gasteiger partial charge in [-0.2, -0.15) is 0 Å². The second-order valence-electron chi connectivity index (χ2n) is 5.10. The molecule has 0 saturated carbocycles. The van der Waals surface area contributed by atoms with E-state index in [1.54, 1.807) is 6.07 Å². The Hall–Kier alpha value is -1.23. The van der Waals surface area contributed by atoms with Crippen LogP contribution in [-0.4, -0.2) is 18.6 Å². The van der Waals surface area contributed by atoms with Gasteiger partial charge < -0.3 is 10.1 Å². The lowest BCUT2D eigenvalue weighted by molar-refractivity contribution is 0.0817. The number of halogens is 3. The molecular weight excluding hydrogens is 243 g/mol. The number of alkyl halides is 2.